The van der Waals surface area contributed by atoms with Crippen LogP contribution >= 0.6 is 43.2 Å². The molecular formula is C17H18Br2OS. The van der Waals surface area contributed by atoms with Crippen LogP contribution < -0.4 is 0 Å². The second-order valence-electron chi connectivity index (χ2n) is 4.91. The summed E-state index contributed by atoms with van der Waals surface area (Å²) in [7, 11) is 0. The Bertz CT molecular complexity index is 629. The van der Waals surface area contributed by atoms with Gasteiger partial charge in [0.05, 0.1) is 8.66 Å². The minimum Gasteiger partial charge on any atom is -0.288 e. The molecule has 0 aliphatic carbocycles. The van der Waals surface area contributed by atoms with Crippen molar-refractivity contribution in [2.75, 3.05) is 0 Å². The second-order valence-corrected chi connectivity index (χ2v) is 8.14. The minimum atomic E-state index is 0.141. The lowest BCUT2D eigenvalue weighted by atomic mass is 9.91. The fraction of sp³-hybridized carbons (Fsp3) is 0.353. The molecule has 0 saturated heterocycles. The van der Waals surface area contributed by atoms with Crippen LogP contribution in [0.3, 0.4) is 0 Å². The number of benzene rings is 1. The van der Waals surface area contributed by atoms with Crippen LogP contribution in [0.15, 0.2) is 26.5 Å². The fourth-order valence-electron chi connectivity index (χ4n) is 2.47. The molecule has 0 spiro atoms. The van der Waals surface area contributed by atoms with E-state index in [1.54, 1.807) is 0 Å². The first-order valence-electron chi connectivity index (χ1n) is 7.15. The zero-order valence-electron chi connectivity index (χ0n) is 12.4. The maximum atomic E-state index is 12.9. The van der Waals surface area contributed by atoms with Crippen molar-refractivity contribution in [1.82, 2.24) is 0 Å². The van der Waals surface area contributed by atoms with E-state index in [9.17, 15) is 4.79 Å². The summed E-state index contributed by atoms with van der Waals surface area (Å²) in [6.07, 6.45) is 2.77. The summed E-state index contributed by atoms with van der Waals surface area (Å²) >= 11 is 8.42. The van der Waals surface area contributed by atoms with Gasteiger partial charge in [0.2, 0.25) is 5.78 Å². The van der Waals surface area contributed by atoms with E-state index in [2.05, 4.69) is 64.8 Å². The van der Waals surface area contributed by atoms with Gasteiger partial charge in [-0.05, 0) is 73.9 Å². The molecule has 1 nitrogen and oxygen atoms in total. The Morgan fingerprint density at radius 2 is 1.57 bits per heavy atom. The molecule has 112 valence electrons. The van der Waals surface area contributed by atoms with E-state index in [1.165, 1.54) is 16.9 Å². The van der Waals surface area contributed by atoms with E-state index < -0.39 is 0 Å². The second kappa shape index (κ2) is 7.21. The van der Waals surface area contributed by atoms with Crippen LogP contribution in [0.2, 0.25) is 0 Å². The van der Waals surface area contributed by atoms with E-state index in [-0.39, 0.29) is 5.78 Å². The summed E-state index contributed by atoms with van der Waals surface area (Å²) in [5.41, 5.74) is 4.54. The molecule has 1 heterocycles. The predicted molar refractivity (Wildman–Crippen MR) is 97.7 cm³/mol. The molecule has 21 heavy (non-hydrogen) atoms. The Balaban J connectivity index is 2.58. The van der Waals surface area contributed by atoms with Gasteiger partial charge in [0, 0.05) is 10.0 Å². The number of halogens is 2. The van der Waals surface area contributed by atoms with Gasteiger partial charge in [0.15, 0.2) is 0 Å². The maximum Gasteiger partial charge on any atom is 0.203 e. The standard InChI is InChI=1S/C17H18Br2OS/c1-4-10-7-11(5-2)15(12(6-3)8-10)16(20)14-9-13(18)17(19)21-14/h7-9H,4-6H2,1-3H3. The quantitative estimate of drug-likeness (QED) is 0.517. The van der Waals surface area contributed by atoms with Gasteiger partial charge < -0.3 is 0 Å². The van der Waals surface area contributed by atoms with Crippen molar-refractivity contribution >= 4 is 49.0 Å². The monoisotopic (exact) mass is 428 g/mol. The number of ketones is 1. The normalized spacial score (nSPS) is 10.9. The molecule has 0 amide bonds. The van der Waals surface area contributed by atoms with Crippen LogP contribution in [-0.2, 0) is 19.3 Å². The van der Waals surface area contributed by atoms with Gasteiger partial charge in [0.1, 0.15) is 0 Å². The van der Waals surface area contributed by atoms with E-state index in [4.69, 9.17) is 0 Å². The Kier molecular flexibility index (Phi) is 5.81. The third-order valence-electron chi connectivity index (χ3n) is 3.63. The Morgan fingerprint density at radius 1 is 1.00 bits per heavy atom. The first-order valence-corrected chi connectivity index (χ1v) is 9.56. The van der Waals surface area contributed by atoms with Crippen molar-refractivity contribution in [2.45, 2.75) is 40.0 Å². The number of rotatable bonds is 5. The van der Waals surface area contributed by atoms with Gasteiger partial charge in [0.25, 0.3) is 0 Å². The molecule has 0 aliphatic rings. The SMILES string of the molecule is CCc1cc(CC)c(C(=O)c2cc(Br)c(Br)s2)c(CC)c1. The van der Waals surface area contributed by atoms with Crippen LogP contribution in [0.5, 0.6) is 0 Å². The molecule has 0 fully saturated rings. The molecule has 4 heteroatoms. The lowest BCUT2D eigenvalue weighted by Crippen LogP contribution is -2.09. The number of carbonyl (C=O) groups is 1. The minimum absolute atomic E-state index is 0.141. The summed E-state index contributed by atoms with van der Waals surface area (Å²) in [5.74, 6) is 0.141. The van der Waals surface area contributed by atoms with Crippen LogP contribution in [0.1, 0.15) is 52.7 Å². The highest BCUT2D eigenvalue weighted by Gasteiger charge is 2.20. The first-order chi connectivity index (χ1) is 10.0. The van der Waals surface area contributed by atoms with Crippen molar-refractivity contribution < 1.29 is 4.79 Å². The van der Waals surface area contributed by atoms with Crippen molar-refractivity contribution in [3.05, 3.63) is 53.6 Å². The molecule has 0 unspecified atom stereocenters. The Labute approximate surface area is 147 Å². The smallest absolute Gasteiger partial charge is 0.203 e. The van der Waals surface area contributed by atoms with Crippen LogP contribution in [0.25, 0.3) is 0 Å². The van der Waals surface area contributed by atoms with E-state index in [0.29, 0.717) is 0 Å². The van der Waals surface area contributed by atoms with Gasteiger partial charge in [-0.1, -0.05) is 32.9 Å². The zero-order valence-corrected chi connectivity index (χ0v) is 16.4. The summed E-state index contributed by atoms with van der Waals surface area (Å²) < 4.78 is 1.91. The highest BCUT2D eigenvalue weighted by molar-refractivity contribution is 9.13. The predicted octanol–water partition coefficient (Wildman–Crippen LogP) is 6.19. The van der Waals surface area contributed by atoms with Gasteiger partial charge in [-0.3, -0.25) is 4.79 Å². The van der Waals surface area contributed by atoms with Gasteiger partial charge in [-0.25, -0.2) is 0 Å². The fourth-order valence-corrected chi connectivity index (χ4v) is 4.46. The first kappa shape index (κ1) is 16.9. The zero-order chi connectivity index (χ0) is 15.6. The molecular weight excluding hydrogens is 412 g/mol. The number of hydrogen-bond acceptors (Lipinski definition) is 2. The number of thiophene rings is 1. The summed E-state index contributed by atoms with van der Waals surface area (Å²) in [6, 6.07) is 6.28. The molecule has 0 saturated carbocycles. The largest absolute Gasteiger partial charge is 0.288 e. The van der Waals surface area contributed by atoms with Gasteiger partial charge >= 0.3 is 0 Å². The topological polar surface area (TPSA) is 17.1 Å². The van der Waals surface area contributed by atoms with Crippen molar-refractivity contribution in [2.24, 2.45) is 0 Å². The lowest BCUT2D eigenvalue weighted by Gasteiger charge is -2.14. The average Bonchev–Trinajstić information content (AvgIpc) is 2.84. The van der Waals surface area contributed by atoms with E-state index >= 15 is 0 Å². The van der Waals surface area contributed by atoms with Crippen molar-refractivity contribution in [1.29, 1.82) is 0 Å². The molecule has 0 bridgehead atoms. The third kappa shape index (κ3) is 3.49. The van der Waals surface area contributed by atoms with Crippen LogP contribution in [-0.4, -0.2) is 5.78 Å². The molecule has 0 aliphatic heterocycles. The molecule has 1 aromatic heterocycles. The number of carbonyl (C=O) groups excluding carboxylic acids is 1. The third-order valence-corrected chi connectivity index (χ3v) is 6.88. The Hall–Kier alpha value is -0.450. The van der Waals surface area contributed by atoms with Gasteiger partial charge in [-0.15, -0.1) is 11.3 Å². The number of aryl methyl sites for hydroxylation is 3. The molecule has 0 N–H and O–H groups in total. The molecule has 1 aromatic carbocycles. The Morgan fingerprint density at radius 3 is 1.95 bits per heavy atom. The van der Waals surface area contributed by atoms with Crippen molar-refractivity contribution in [3.8, 4) is 0 Å². The average molecular weight is 430 g/mol. The number of hydrogen-bond donors (Lipinski definition) is 0. The maximum absolute atomic E-state index is 12.9. The highest BCUT2D eigenvalue weighted by atomic mass is 79.9. The molecule has 2 rings (SSSR count). The summed E-state index contributed by atoms with van der Waals surface area (Å²) in [6.45, 7) is 6.39. The van der Waals surface area contributed by atoms with Crippen LogP contribution in [0.4, 0.5) is 0 Å². The molecule has 2 aromatic rings. The molecule has 0 radical (unpaired) electrons. The van der Waals surface area contributed by atoms with Gasteiger partial charge in [-0.2, -0.15) is 0 Å². The lowest BCUT2D eigenvalue weighted by molar-refractivity contribution is 0.104. The van der Waals surface area contributed by atoms with Crippen LogP contribution in [0, 0.1) is 0 Å². The summed E-state index contributed by atoms with van der Waals surface area (Å²) in [5, 5.41) is 0. The van der Waals surface area contributed by atoms with E-state index in [0.717, 1.165) is 49.1 Å². The summed E-state index contributed by atoms with van der Waals surface area (Å²) in [4.78, 5) is 13.7. The van der Waals surface area contributed by atoms with E-state index in [1.807, 2.05) is 6.07 Å². The molecule has 0 atom stereocenters. The van der Waals surface area contributed by atoms with Crippen molar-refractivity contribution in [3.63, 3.8) is 0 Å². The highest BCUT2D eigenvalue weighted by Crippen LogP contribution is 2.34.